The van der Waals surface area contributed by atoms with Crippen LogP contribution in [-0.4, -0.2) is 22.4 Å². The van der Waals surface area contributed by atoms with Gasteiger partial charge in [0.2, 0.25) is 0 Å². The van der Waals surface area contributed by atoms with Crippen LogP contribution in [0.15, 0.2) is 18.2 Å². The quantitative estimate of drug-likeness (QED) is 0.677. The number of halogens is 1. The van der Waals surface area contributed by atoms with Crippen LogP contribution in [0.4, 0.5) is 0 Å². The monoisotopic (exact) mass is 413 g/mol. The molecule has 4 aliphatic carbocycles. The molecule has 4 nitrogen and oxygen atoms in total. The Morgan fingerprint density at radius 3 is 2.24 bits per heavy atom. The normalized spacial score (nSPS) is 35.3. The minimum absolute atomic E-state index is 0.0834. The molecule has 0 radical (unpaired) electrons. The number of rotatable bonds is 3. The topological polar surface area (TPSA) is 66.4 Å². The van der Waals surface area contributed by atoms with E-state index < -0.39 is 5.97 Å². The van der Waals surface area contributed by atoms with Gasteiger partial charge in [-0.05, 0) is 94.2 Å². The lowest BCUT2D eigenvalue weighted by molar-refractivity contribution is -0.138. The molecule has 1 aliphatic heterocycles. The predicted octanol–water partition coefficient (Wildman–Crippen LogP) is 5.09. The Bertz CT molecular complexity index is 910. The molecule has 1 aromatic rings. The summed E-state index contributed by atoms with van der Waals surface area (Å²) in [4.78, 5) is 25.2. The van der Waals surface area contributed by atoms with Gasteiger partial charge in [-0.3, -0.25) is 4.79 Å². The van der Waals surface area contributed by atoms with Gasteiger partial charge >= 0.3 is 5.97 Å². The molecule has 4 saturated carbocycles. The van der Waals surface area contributed by atoms with E-state index in [1.807, 2.05) is 0 Å². The molecule has 5 aliphatic rings. The first kappa shape index (κ1) is 19.2. The summed E-state index contributed by atoms with van der Waals surface area (Å²) in [6.07, 6.45) is 9.50. The molecule has 0 amide bonds. The number of carboxylic acid groups (broad SMARTS) is 1. The summed E-state index contributed by atoms with van der Waals surface area (Å²) < 4.78 is 0. The first-order chi connectivity index (χ1) is 13.6. The third-order valence-corrected chi connectivity index (χ3v) is 7.97. The van der Waals surface area contributed by atoms with Crippen molar-refractivity contribution >= 4 is 29.1 Å². The first-order valence-electron chi connectivity index (χ1n) is 10.7. The predicted molar refractivity (Wildman–Crippen MR) is 113 cm³/mol. The molecule has 1 heterocycles. The van der Waals surface area contributed by atoms with E-state index in [1.54, 1.807) is 18.2 Å². The van der Waals surface area contributed by atoms with E-state index in [0.717, 1.165) is 42.5 Å². The van der Waals surface area contributed by atoms with E-state index in [9.17, 15) is 14.7 Å². The summed E-state index contributed by atoms with van der Waals surface area (Å²) in [6.45, 7) is 4.19. The molecule has 154 valence electrons. The lowest BCUT2D eigenvalue weighted by Gasteiger charge is -2.55. The summed E-state index contributed by atoms with van der Waals surface area (Å²) in [5, 5.41) is 13.3. The number of ketones is 1. The van der Waals surface area contributed by atoms with Crippen LogP contribution in [0, 0.1) is 23.2 Å². The lowest BCUT2D eigenvalue weighted by atomic mass is 9.48. The number of allylic oxidation sites excluding steroid dienone is 1. The molecule has 0 unspecified atom stereocenters. The zero-order valence-corrected chi connectivity index (χ0v) is 17.8. The molecular formula is C24H28ClNO3. The third-order valence-electron chi connectivity index (χ3n) is 7.66. The van der Waals surface area contributed by atoms with Gasteiger partial charge in [-0.2, -0.15) is 0 Å². The fourth-order valence-electron chi connectivity index (χ4n) is 6.94. The summed E-state index contributed by atoms with van der Waals surface area (Å²) in [6, 6.07) is 3.38. The van der Waals surface area contributed by atoms with Crippen molar-refractivity contribution in [3.63, 3.8) is 0 Å². The highest BCUT2D eigenvalue weighted by Gasteiger charge is 2.54. The number of carbonyl (C=O) groups excluding carboxylic acids is 1. The Kier molecular flexibility index (Phi) is 4.19. The smallest absolute Gasteiger partial charge is 0.337 e. The van der Waals surface area contributed by atoms with Gasteiger partial charge < -0.3 is 10.4 Å². The van der Waals surface area contributed by atoms with Crippen LogP contribution >= 0.6 is 11.6 Å². The maximum Gasteiger partial charge on any atom is 0.337 e. The summed E-state index contributed by atoms with van der Waals surface area (Å²) in [5.41, 5.74) is 2.19. The molecular weight excluding hydrogens is 386 g/mol. The standard InChI is InChI=1S/C24H28ClNO3/c1-23(2)12-16-6-19(25)18(22(28)29)7-17(16)20(26-23)8-21(27)24-9-13-3-14(10-24)5-15(4-13)11-24/h6-8,13-15,26H,3-5,9-12H2,1-2H3,(H,28,29)/b20-8-. The van der Waals surface area contributed by atoms with Crippen LogP contribution in [-0.2, 0) is 11.2 Å². The second kappa shape index (κ2) is 6.34. The maximum absolute atomic E-state index is 13.6. The number of benzene rings is 1. The number of carboxylic acids is 1. The average molecular weight is 414 g/mol. The van der Waals surface area contributed by atoms with Gasteiger partial charge in [0.25, 0.3) is 0 Å². The summed E-state index contributed by atoms with van der Waals surface area (Å²) in [7, 11) is 0. The lowest BCUT2D eigenvalue weighted by Crippen LogP contribution is -2.50. The number of carbonyl (C=O) groups is 2. The van der Waals surface area contributed by atoms with Gasteiger partial charge in [0.1, 0.15) is 0 Å². The zero-order chi connectivity index (χ0) is 20.6. The van der Waals surface area contributed by atoms with Gasteiger partial charge in [0, 0.05) is 28.3 Å². The fraction of sp³-hybridized carbons (Fsp3) is 0.583. The molecule has 4 fully saturated rings. The van der Waals surface area contributed by atoms with E-state index in [-0.39, 0.29) is 27.3 Å². The first-order valence-corrected chi connectivity index (χ1v) is 11.1. The highest BCUT2D eigenvalue weighted by molar-refractivity contribution is 6.33. The van der Waals surface area contributed by atoms with Crippen molar-refractivity contribution in [3.05, 3.63) is 39.9 Å². The van der Waals surface area contributed by atoms with Crippen LogP contribution in [0.2, 0.25) is 5.02 Å². The fourth-order valence-corrected chi connectivity index (χ4v) is 7.21. The van der Waals surface area contributed by atoms with E-state index in [4.69, 9.17) is 11.6 Å². The molecule has 1 aromatic carbocycles. The third kappa shape index (κ3) is 3.20. The van der Waals surface area contributed by atoms with Crippen molar-refractivity contribution in [2.75, 3.05) is 0 Å². The molecule has 6 rings (SSSR count). The van der Waals surface area contributed by atoms with Crippen LogP contribution in [0.25, 0.3) is 5.70 Å². The molecule has 0 saturated heterocycles. The Balaban J connectivity index is 1.55. The Hall–Kier alpha value is -1.81. The van der Waals surface area contributed by atoms with E-state index in [0.29, 0.717) is 17.8 Å². The second-order valence-electron chi connectivity index (χ2n) is 10.6. The minimum atomic E-state index is -1.05. The minimum Gasteiger partial charge on any atom is -0.478 e. The number of nitrogens with one attached hydrogen (secondary N) is 1. The van der Waals surface area contributed by atoms with Gasteiger partial charge in [-0.15, -0.1) is 0 Å². The van der Waals surface area contributed by atoms with Crippen LogP contribution in [0.5, 0.6) is 0 Å². The zero-order valence-electron chi connectivity index (χ0n) is 17.1. The molecule has 2 N–H and O–H groups in total. The molecule has 0 spiro atoms. The van der Waals surface area contributed by atoms with Gasteiger partial charge in [-0.25, -0.2) is 4.79 Å². The van der Waals surface area contributed by atoms with Crippen LogP contribution < -0.4 is 5.32 Å². The molecule has 0 aromatic heterocycles. The van der Waals surface area contributed by atoms with Crippen molar-refractivity contribution in [2.24, 2.45) is 23.2 Å². The number of hydrogen-bond donors (Lipinski definition) is 2. The summed E-state index contributed by atoms with van der Waals surface area (Å²) >= 11 is 6.23. The molecule has 0 atom stereocenters. The Morgan fingerprint density at radius 1 is 1.10 bits per heavy atom. The van der Waals surface area contributed by atoms with Crippen molar-refractivity contribution in [2.45, 2.75) is 64.3 Å². The Morgan fingerprint density at radius 2 is 1.69 bits per heavy atom. The van der Waals surface area contributed by atoms with Gasteiger partial charge in [0.05, 0.1) is 10.6 Å². The van der Waals surface area contributed by atoms with Gasteiger partial charge in [0.15, 0.2) is 5.78 Å². The average Bonchev–Trinajstić information content (AvgIpc) is 2.58. The highest BCUT2D eigenvalue weighted by atomic mass is 35.5. The van der Waals surface area contributed by atoms with Crippen molar-refractivity contribution in [1.82, 2.24) is 5.32 Å². The van der Waals surface area contributed by atoms with E-state index in [2.05, 4.69) is 19.2 Å². The molecule has 29 heavy (non-hydrogen) atoms. The summed E-state index contributed by atoms with van der Waals surface area (Å²) in [5.74, 6) is 1.32. The van der Waals surface area contributed by atoms with Crippen LogP contribution in [0.1, 0.15) is 73.9 Å². The Labute approximate surface area is 176 Å². The van der Waals surface area contributed by atoms with E-state index >= 15 is 0 Å². The molecule has 5 heteroatoms. The maximum atomic E-state index is 13.6. The van der Waals surface area contributed by atoms with E-state index in [1.165, 1.54) is 19.3 Å². The number of aromatic carboxylic acids is 1. The molecule has 4 bridgehead atoms. The van der Waals surface area contributed by atoms with Crippen LogP contribution in [0.3, 0.4) is 0 Å². The largest absolute Gasteiger partial charge is 0.478 e. The second-order valence-corrected chi connectivity index (χ2v) is 11.0. The van der Waals surface area contributed by atoms with Crippen molar-refractivity contribution < 1.29 is 14.7 Å². The highest BCUT2D eigenvalue weighted by Crippen LogP contribution is 2.60. The van der Waals surface area contributed by atoms with Gasteiger partial charge in [-0.1, -0.05) is 11.6 Å². The number of hydrogen-bond acceptors (Lipinski definition) is 3. The van der Waals surface area contributed by atoms with Crippen molar-refractivity contribution in [1.29, 1.82) is 0 Å². The number of fused-ring (bicyclic) bond motifs is 1. The SMILES string of the molecule is CC1(C)Cc2cc(Cl)c(C(=O)O)cc2/C(=C/C(=O)C23CC4CC(CC(C4)C2)C3)N1. The van der Waals surface area contributed by atoms with Crippen molar-refractivity contribution in [3.8, 4) is 0 Å².